The van der Waals surface area contributed by atoms with Crippen molar-refractivity contribution in [2.24, 2.45) is 0 Å². The van der Waals surface area contributed by atoms with Crippen LogP contribution in [0.5, 0.6) is 5.75 Å². The molecular weight excluding hydrogens is 416 g/mol. The molecule has 0 unspecified atom stereocenters. The zero-order valence-electron chi connectivity index (χ0n) is 17.6. The van der Waals surface area contributed by atoms with Crippen molar-refractivity contribution in [1.29, 1.82) is 0 Å². The lowest BCUT2D eigenvalue weighted by molar-refractivity contribution is -0.130. The fourth-order valence-electron chi connectivity index (χ4n) is 3.96. The van der Waals surface area contributed by atoms with E-state index in [0.717, 1.165) is 37.7 Å². The van der Waals surface area contributed by atoms with E-state index in [4.69, 9.17) is 16.3 Å². The number of hydrogen-bond donors (Lipinski definition) is 2. The molecule has 1 saturated heterocycles. The second-order valence-electron chi connectivity index (χ2n) is 7.91. The van der Waals surface area contributed by atoms with Gasteiger partial charge in [0, 0.05) is 50.0 Å². The fourth-order valence-corrected chi connectivity index (χ4v) is 4.12. The molecule has 164 valence electrons. The van der Waals surface area contributed by atoms with Gasteiger partial charge in [0.2, 0.25) is 5.91 Å². The average molecular weight is 443 g/mol. The number of carbonyl (C=O) groups excluding carboxylic acids is 2. The number of rotatable bonds is 6. The highest BCUT2D eigenvalue weighted by Gasteiger charge is 2.29. The minimum absolute atomic E-state index is 0.00197. The summed E-state index contributed by atoms with van der Waals surface area (Å²) in [6, 6.07) is 13.2. The Morgan fingerprint density at radius 3 is 2.77 bits per heavy atom. The molecule has 1 fully saturated rings. The SMILES string of the molecule is Cc1ccc(Cl)cc1N1CCN(CCNC(=O)C[C@H]2Oc3ccccc3NC2=O)CC1. The van der Waals surface area contributed by atoms with E-state index in [-0.39, 0.29) is 18.2 Å². The molecule has 0 radical (unpaired) electrons. The number of nitrogens with one attached hydrogen (secondary N) is 2. The number of piperazine rings is 1. The number of carbonyl (C=O) groups is 2. The molecule has 0 aromatic heterocycles. The van der Waals surface area contributed by atoms with Crippen molar-refractivity contribution in [3.8, 4) is 5.75 Å². The Hall–Kier alpha value is -2.77. The molecule has 2 heterocycles. The number of aryl methyl sites for hydroxylation is 1. The van der Waals surface area contributed by atoms with Gasteiger partial charge in [-0.3, -0.25) is 14.5 Å². The van der Waals surface area contributed by atoms with Gasteiger partial charge >= 0.3 is 0 Å². The minimum atomic E-state index is -0.806. The van der Waals surface area contributed by atoms with Crippen LogP contribution in [0.1, 0.15) is 12.0 Å². The molecule has 2 aromatic carbocycles. The van der Waals surface area contributed by atoms with E-state index in [1.807, 2.05) is 24.3 Å². The quantitative estimate of drug-likeness (QED) is 0.719. The first-order valence-corrected chi connectivity index (χ1v) is 10.9. The lowest BCUT2D eigenvalue weighted by atomic mass is 10.1. The van der Waals surface area contributed by atoms with Crippen LogP contribution < -0.4 is 20.3 Å². The van der Waals surface area contributed by atoms with E-state index in [9.17, 15) is 9.59 Å². The Morgan fingerprint density at radius 2 is 1.97 bits per heavy atom. The van der Waals surface area contributed by atoms with Crippen molar-refractivity contribution in [3.05, 3.63) is 53.1 Å². The summed E-state index contributed by atoms with van der Waals surface area (Å²) in [5, 5.41) is 6.45. The number of benzene rings is 2. The third-order valence-electron chi connectivity index (χ3n) is 5.71. The van der Waals surface area contributed by atoms with Crippen molar-refractivity contribution in [3.63, 3.8) is 0 Å². The van der Waals surface area contributed by atoms with Gasteiger partial charge in [-0.1, -0.05) is 29.8 Å². The Bertz CT molecular complexity index is 960. The maximum Gasteiger partial charge on any atom is 0.266 e. The van der Waals surface area contributed by atoms with Gasteiger partial charge in [-0.2, -0.15) is 0 Å². The Morgan fingerprint density at radius 1 is 1.19 bits per heavy atom. The van der Waals surface area contributed by atoms with Crippen LogP contribution in [0.25, 0.3) is 0 Å². The first-order chi connectivity index (χ1) is 15.0. The molecule has 0 saturated carbocycles. The second-order valence-corrected chi connectivity index (χ2v) is 8.34. The summed E-state index contributed by atoms with van der Waals surface area (Å²) in [6.45, 7) is 7.10. The predicted octanol–water partition coefficient (Wildman–Crippen LogP) is 2.68. The number of para-hydroxylation sites is 2. The molecule has 2 amide bonds. The maximum absolute atomic E-state index is 12.3. The number of ether oxygens (including phenoxy) is 1. The second kappa shape index (κ2) is 9.58. The summed E-state index contributed by atoms with van der Waals surface area (Å²) in [4.78, 5) is 29.2. The third kappa shape index (κ3) is 5.29. The molecule has 0 aliphatic carbocycles. The van der Waals surface area contributed by atoms with E-state index in [0.29, 0.717) is 18.0 Å². The average Bonchev–Trinajstić information content (AvgIpc) is 2.76. The van der Waals surface area contributed by atoms with Gasteiger partial charge in [-0.25, -0.2) is 0 Å². The lowest BCUT2D eigenvalue weighted by Crippen LogP contribution is -2.49. The minimum Gasteiger partial charge on any atom is -0.478 e. The molecule has 31 heavy (non-hydrogen) atoms. The lowest BCUT2D eigenvalue weighted by Gasteiger charge is -2.37. The Kier molecular flexibility index (Phi) is 6.63. The van der Waals surface area contributed by atoms with Crippen LogP contribution >= 0.6 is 11.6 Å². The van der Waals surface area contributed by atoms with Crippen LogP contribution in [0.2, 0.25) is 5.02 Å². The number of halogens is 1. The number of nitrogens with zero attached hydrogens (tertiary/aromatic N) is 2. The first kappa shape index (κ1) is 21.5. The standard InChI is InChI=1S/C23H27ClN4O3/c1-16-6-7-17(24)14-19(16)28-12-10-27(11-13-28)9-8-25-22(29)15-21-23(30)26-18-4-2-3-5-20(18)31-21/h2-7,14,21H,8-13,15H2,1H3,(H,25,29)(H,26,30)/t21-/m1/s1. The molecule has 2 aromatic rings. The van der Waals surface area contributed by atoms with E-state index in [2.05, 4.69) is 33.4 Å². The van der Waals surface area contributed by atoms with E-state index < -0.39 is 6.10 Å². The highest BCUT2D eigenvalue weighted by atomic mass is 35.5. The molecule has 2 aliphatic rings. The molecular formula is C23H27ClN4O3. The zero-order chi connectivity index (χ0) is 21.8. The largest absolute Gasteiger partial charge is 0.478 e. The van der Waals surface area contributed by atoms with Crippen LogP contribution in [0.15, 0.2) is 42.5 Å². The summed E-state index contributed by atoms with van der Waals surface area (Å²) in [5.74, 6) is 0.113. The predicted molar refractivity (Wildman–Crippen MR) is 122 cm³/mol. The zero-order valence-corrected chi connectivity index (χ0v) is 18.3. The van der Waals surface area contributed by atoms with E-state index in [1.54, 1.807) is 12.1 Å². The van der Waals surface area contributed by atoms with Gasteiger partial charge in [0.05, 0.1) is 12.1 Å². The van der Waals surface area contributed by atoms with Crippen molar-refractivity contribution in [2.45, 2.75) is 19.4 Å². The highest BCUT2D eigenvalue weighted by molar-refractivity contribution is 6.30. The van der Waals surface area contributed by atoms with Gasteiger partial charge in [0.15, 0.2) is 6.10 Å². The molecule has 1 atom stereocenters. The number of anilines is 2. The van der Waals surface area contributed by atoms with Gasteiger partial charge in [-0.05, 0) is 36.8 Å². The number of hydrogen-bond acceptors (Lipinski definition) is 5. The van der Waals surface area contributed by atoms with Crippen molar-refractivity contribution in [2.75, 3.05) is 49.5 Å². The summed E-state index contributed by atoms with van der Waals surface area (Å²) in [5.41, 5.74) is 3.05. The fraction of sp³-hybridized carbons (Fsp3) is 0.391. The van der Waals surface area contributed by atoms with Crippen LogP contribution in [0.3, 0.4) is 0 Å². The van der Waals surface area contributed by atoms with Crippen LogP contribution in [0, 0.1) is 6.92 Å². The molecule has 0 spiro atoms. The van der Waals surface area contributed by atoms with Gasteiger partial charge < -0.3 is 20.3 Å². The first-order valence-electron chi connectivity index (χ1n) is 10.6. The topological polar surface area (TPSA) is 73.9 Å². The number of amides is 2. The molecule has 2 aliphatic heterocycles. The van der Waals surface area contributed by atoms with E-state index in [1.165, 1.54) is 11.3 Å². The molecule has 7 nitrogen and oxygen atoms in total. The maximum atomic E-state index is 12.3. The summed E-state index contributed by atoms with van der Waals surface area (Å²) >= 11 is 6.16. The molecule has 8 heteroatoms. The van der Waals surface area contributed by atoms with E-state index >= 15 is 0 Å². The Balaban J connectivity index is 1.19. The van der Waals surface area contributed by atoms with Crippen molar-refractivity contribution in [1.82, 2.24) is 10.2 Å². The monoisotopic (exact) mass is 442 g/mol. The molecule has 4 rings (SSSR count). The van der Waals surface area contributed by atoms with Crippen molar-refractivity contribution >= 4 is 34.8 Å². The van der Waals surface area contributed by atoms with Crippen LogP contribution in [0.4, 0.5) is 11.4 Å². The van der Waals surface area contributed by atoms with Gasteiger partial charge in [0.25, 0.3) is 5.91 Å². The van der Waals surface area contributed by atoms with Crippen LogP contribution in [-0.4, -0.2) is 62.1 Å². The Labute approximate surface area is 187 Å². The number of fused-ring (bicyclic) bond motifs is 1. The normalized spacial score (nSPS) is 18.7. The smallest absolute Gasteiger partial charge is 0.266 e. The summed E-state index contributed by atoms with van der Waals surface area (Å²) in [6.07, 6.45) is -0.804. The molecule has 0 bridgehead atoms. The third-order valence-corrected chi connectivity index (χ3v) is 5.95. The summed E-state index contributed by atoms with van der Waals surface area (Å²) < 4.78 is 5.68. The highest BCUT2D eigenvalue weighted by Crippen LogP contribution is 2.29. The van der Waals surface area contributed by atoms with Crippen LogP contribution in [-0.2, 0) is 9.59 Å². The van der Waals surface area contributed by atoms with Gasteiger partial charge in [0.1, 0.15) is 5.75 Å². The van der Waals surface area contributed by atoms with Gasteiger partial charge in [-0.15, -0.1) is 0 Å². The summed E-state index contributed by atoms with van der Waals surface area (Å²) in [7, 11) is 0. The van der Waals surface area contributed by atoms with Crippen molar-refractivity contribution < 1.29 is 14.3 Å². The molecule has 2 N–H and O–H groups in total.